The molecule has 1 aliphatic rings. The van der Waals surface area contributed by atoms with E-state index in [1.807, 2.05) is 41.9 Å². The van der Waals surface area contributed by atoms with Crippen LogP contribution in [-0.2, 0) is 13.1 Å². The minimum Gasteiger partial charge on any atom is -0.321 e. The minimum absolute atomic E-state index is 0.0106. The lowest BCUT2D eigenvalue weighted by atomic mass is 10.0. The number of nitrogens with one attached hydrogen (secondary N) is 1. The van der Waals surface area contributed by atoms with Gasteiger partial charge in [-0.3, -0.25) is 9.69 Å². The van der Waals surface area contributed by atoms with Crippen molar-refractivity contribution in [2.45, 2.75) is 71.1 Å². The molecule has 1 N–H and O–H groups in total. The van der Waals surface area contributed by atoms with E-state index in [4.69, 9.17) is 0 Å². The zero-order valence-corrected chi connectivity index (χ0v) is 19.9. The van der Waals surface area contributed by atoms with Crippen molar-refractivity contribution in [2.24, 2.45) is 0 Å². The highest BCUT2D eigenvalue weighted by molar-refractivity contribution is 5.81. The number of aryl methyl sites for hydroxylation is 1. The zero-order chi connectivity index (χ0) is 23.5. The smallest absolute Gasteiger partial charge is 0.252 e. The molecule has 0 amide bonds. The van der Waals surface area contributed by atoms with Crippen LogP contribution in [0.1, 0.15) is 67.6 Å². The summed E-state index contributed by atoms with van der Waals surface area (Å²) >= 11 is 0. The van der Waals surface area contributed by atoms with Crippen molar-refractivity contribution in [3.8, 4) is 0 Å². The number of benzene rings is 2. The van der Waals surface area contributed by atoms with Gasteiger partial charge in [-0.05, 0) is 59.2 Å². The number of rotatable bonds is 8. The van der Waals surface area contributed by atoms with Crippen LogP contribution in [0.2, 0.25) is 0 Å². The molecule has 1 saturated carbocycles. The van der Waals surface area contributed by atoms with Crippen LogP contribution < -0.4 is 5.56 Å². The summed E-state index contributed by atoms with van der Waals surface area (Å²) in [7, 11) is 0. The quantitative estimate of drug-likeness (QED) is 0.413. The molecule has 0 spiro atoms. The number of H-pyrrole nitrogens is 1. The normalized spacial score (nSPS) is 15.4. The Labute approximate surface area is 199 Å². The fourth-order valence-corrected chi connectivity index (χ4v) is 5.36. The van der Waals surface area contributed by atoms with E-state index in [2.05, 4.69) is 56.6 Å². The SMILES string of the molecule is CC[C@@H](c1nnnn1Cc1ccccc1)N(Cc1cc2cccc(C)c2[nH]c1=O)C1CCCC1. The molecule has 0 aliphatic heterocycles. The van der Waals surface area contributed by atoms with Crippen molar-refractivity contribution < 1.29 is 0 Å². The van der Waals surface area contributed by atoms with Crippen LogP contribution in [-0.4, -0.2) is 36.1 Å². The van der Waals surface area contributed by atoms with Crippen LogP contribution in [0.3, 0.4) is 0 Å². The summed E-state index contributed by atoms with van der Waals surface area (Å²) in [5, 5.41) is 13.9. The summed E-state index contributed by atoms with van der Waals surface area (Å²) in [5.74, 6) is 0.867. The Hall–Kier alpha value is -3.32. The highest BCUT2D eigenvalue weighted by Crippen LogP contribution is 2.33. The number of aromatic nitrogens is 5. The molecule has 4 aromatic rings. The van der Waals surface area contributed by atoms with Gasteiger partial charge in [-0.15, -0.1) is 5.10 Å². The molecule has 176 valence electrons. The molecule has 2 aromatic heterocycles. The van der Waals surface area contributed by atoms with Gasteiger partial charge in [0.25, 0.3) is 5.56 Å². The Bertz CT molecular complexity index is 1310. The number of para-hydroxylation sites is 1. The highest BCUT2D eigenvalue weighted by atomic mass is 16.1. The molecule has 0 unspecified atom stereocenters. The zero-order valence-electron chi connectivity index (χ0n) is 19.9. The lowest BCUT2D eigenvalue weighted by molar-refractivity contribution is 0.112. The van der Waals surface area contributed by atoms with Crippen molar-refractivity contribution >= 4 is 10.9 Å². The van der Waals surface area contributed by atoms with Crippen LogP contribution in [0.15, 0.2) is 59.4 Å². The van der Waals surface area contributed by atoms with Gasteiger partial charge in [-0.25, -0.2) is 4.68 Å². The molecule has 34 heavy (non-hydrogen) atoms. The monoisotopic (exact) mass is 456 g/mol. The molecule has 2 aromatic carbocycles. The second kappa shape index (κ2) is 9.89. The van der Waals surface area contributed by atoms with Crippen molar-refractivity contribution in [2.75, 3.05) is 0 Å². The average Bonchev–Trinajstić information content (AvgIpc) is 3.54. The first-order valence-electron chi connectivity index (χ1n) is 12.3. The van der Waals surface area contributed by atoms with Crippen LogP contribution in [0.25, 0.3) is 10.9 Å². The predicted molar refractivity (Wildman–Crippen MR) is 133 cm³/mol. The Kier molecular flexibility index (Phi) is 6.54. The third-order valence-corrected chi connectivity index (χ3v) is 7.13. The van der Waals surface area contributed by atoms with Gasteiger partial charge < -0.3 is 4.98 Å². The van der Waals surface area contributed by atoms with Crippen LogP contribution >= 0.6 is 0 Å². The predicted octanol–water partition coefficient (Wildman–Crippen LogP) is 4.77. The number of fused-ring (bicyclic) bond motifs is 1. The number of tetrazole rings is 1. The molecular formula is C27H32N6O. The standard InChI is InChI=1S/C27H32N6O/c1-3-24(26-29-30-31-33(26)17-20-11-5-4-6-12-20)32(23-14-7-8-15-23)18-22-16-21-13-9-10-19(2)25(21)28-27(22)34/h4-6,9-13,16,23-24H,3,7-8,14-15,17-18H2,1-2H3,(H,28,34)/t24-/m0/s1. The summed E-state index contributed by atoms with van der Waals surface area (Å²) in [6.45, 7) is 5.43. The molecule has 5 rings (SSSR count). The maximum absolute atomic E-state index is 13.1. The Morgan fingerprint density at radius 1 is 1.12 bits per heavy atom. The first kappa shape index (κ1) is 22.5. The van der Waals surface area contributed by atoms with Crippen LogP contribution in [0.4, 0.5) is 0 Å². The first-order valence-corrected chi connectivity index (χ1v) is 12.3. The number of aromatic amines is 1. The Balaban J connectivity index is 1.50. The maximum atomic E-state index is 13.1. The second-order valence-electron chi connectivity index (χ2n) is 9.38. The van der Waals surface area contributed by atoms with Gasteiger partial charge in [0.05, 0.1) is 18.1 Å². The lowest BCUT2D eigenvalue weighted by Gasteiger charge is -2.35. The summed E-state index contributed by atoms with van der Waals surface area (Å²) in [6.07, 6.45) is 5.60. The van der Waals surface area contributed by atoms with Crippen molar-refractivity contribution in [1.82, 2.24) is 30.1 Å². The number of pyridine rings is 1. The maximum Gasteiger partial charge on any atom is 0.252 e. The molecular weight excluding hydrogens is 424 g/mol. The van der Waals surface area contributed by atoms with Crippen LogP contribution in [0, 0.1) is 6.92 Å². The van der Waals surface area contributed by atoms with Gasteiger partial charge >= 0.3 is 0 Å². The van der Waals surface area contributed by atoms with E-state index < -0.39 is 0 Å². The molecule has 2 heterocycles. The molecule has 0 bridgehead atoms. The van der Waals surface area contributed by atoms with Gasteiger partial charge in [-0.2, -0.15) is 0 Å². The summed E-state index contributed by atoms with van der Waals surface area (Å²) in [5.41, 5.74) is 3.96. The van der Waals surface area contributed by atoms with Crippen LogP contribution in [0.5, 0.6) is 0 Å². The molecule has 1 aliphatic carbocycles. The highest BCUT2D eigenvalue weighted by Gasteiger charge is 2.32. The summed E-state index contributed by atoms with van der Waals surface area (Å²) < 4.78 is 1.92. The number of hydrogen-bond acceptors (Lipinski definition) is 5. The largest absolute Gasteiger partial charge is 0.321 e. The first-order chi connectivity index (χ1) is 16.6. The molecule has 7 heteroatoms. The van der Waals surface area contributed by atoms with Gasteiger partial charge in [0, 0.05) is 18.2 Å². The van der Waals surface area contributed by atoms with E-state index in [-0.39, 0.29) is 11.6 Å². The Morgan fingerprint density at radius 3 is 2.68 bits per heavy atom. The lowest BCUT2D eigenvalue weighted by Crippen LogP contribution is -2.39. The molecule has 0 saturated heterocycles. The fourth-order valence-electron chi connectivity index (χ4n) is 5.36. The van der Waals surface area contributed by atoms with Crippen molar-refractivity contribution in [1.29, 1.82) is 0 Å². The molecule has 7 nitrogen and oxygen atoms in total. The molecule has 1 fully saturated rings. The Morgan fingerprint density at radius 2 is 1.91 bits per heavy atom. The average molecular weight is 457 g/mol. The summed E-state index contributed by atoms with van der Waals surface area (Å²) in [6, 6.07) is 18.9. The minimum atomic E-state index is -0.0106. The fraction of sp³-hybridized carbons (Fsp3) is 0.407. The van der Waals surface area contributed by atoms with Crippen molar-refractivity contribution in [3.63, 3.8) is 0 Å². The van der Waals surface area contributed by atoms with E-state index >= 15 is 0 Å². The van der Waals surface area contributed by atoms with E-state index in [1.54, 1.807) is 0 Å². The third kappa shape index (κ3) is 4.53. The molecule has 1 atom stereocenters. The van der Waals surface area contributed by atoms with E-state index in [0.717, 1.165) is 47.1 Å². The summed E-state index contributed by atoms with van der Waals surface area (Å²) in [4.78, 5) is 18.7. The van der Waals surface area contributed by atoms with E-state index in [0.29, 0.717) is 19.1 Å². The molecule has 0 radical (unpaired) electrons. The second-order valence-corrected chi connectivity index (χ2v) is 9.38. The van der Waals surface area contributed by atoms with Gasteiger partial charge in [0.1, 0.15) is 0 Å². The topological polar surface area (TPSA) is 79.7 Å². The van der Waals surface area contributed by atoms with Gasteiger partial charge in [0.2, 0.25) is 0 Å². The number of nitrogens with zero attached hydrogens (tertiary/aromatic N) is 5. The van der Waals surface area contributed by atoms with Gasteiger partial charge in [0.15, 0.2) is 5.82 Å². The van der Waals surface area contributed by atoms with E-state index in [9.17, 15) is 4.79 Å². The third-order valence-electron chi connectivity index (χ3n) is 7.13. The van der Waals surface area contributed by atoms with E-state index in [1.165, 1.54) is 18.4 Å². The number of hydrogen-bond donors (Lipinski definition) is 1. The van der Waals surface area contributed by atoms with Crippen molar-refractivity contribution in [3.05, 3.63) is 87.5 Å². The van der Waals surface area contributed by atoms with Gasteiger partial charge in [-0.1, -0.05) is 68.3 Å².